The molecule has 0 aliphatic heterocycles. The van der Waals surface area contributed by atoms with E-state index < -0.39 is 12.1 Å². The number of methoxy groups -OCH3 is 3. The second-order valence-electron chi connectivity index (χ2n) is 6.88. The lowest BCUT2D eigenvalue weighted by Crippen LogP contribution is -2.44. The Morgan fingerprint density at radius 3 is 1.88 bits per heavy atom. The van der Waals surface area contributed by atoms with E-state index in [4.69, 9.17) is 24.1 Å². The van der Waals surface area contributed by atoms with Crippen molar-refractivity contribution in [3.05, 3.63) is 0 Å². The van der Waals surface area contributed by atoms with Crippen molar-refractivity contribution >= 4 is 0 Å². The Hall–Kier alpha value is -0.240. The number of unbranched alkanes of at least 4 members (excludes halogenated alkanes) is 6. The first-order chi connectivity index (χ1) is 12.6. The number of hydrogen-bond donors (Lipinski definition) is 2. The number of ether oxygens (including phenoxy) is 4. The largest absolute Gasteiger partial charge is 0.394 e. The summed E-state index contributed by atoms with van der Waals surface area (Å²) in [5, 5.41) is 18.0. The molecule has 0 saturated carbocycles. The van der Waals surface area contributed by atoms with Crippen molar-refractivity contribution in [1.82, 2.24) is 0 Å². The van der Waals surface area contributed by atoms with Crippen molar-refractivity contribution in [2.45, 2.75) is 83.2 Å². The van der Waals surface area contributed by atoms with E-state index in [1.165, 1.54) is 32.1 Å². The fourth-order valence-corrected chi connectivity index (χ4v) is 3.29. The smallest absolute Gasteiger partial charge is 0.285 e. The minimum Gasteiger partial charge on any atom is -0.394 e. The van der Waals surface area contributed by atoms with Crippen molar-refractivity contribution in [2.24, 2.45) is 5.92 Å². The van der Waals surface area contributed by atoms with Crippen LogP contribution in [0.2, 0.25) is 0 Å². The SMILES string of the molecule is CCCCCCCCC(CCCCOCC(O)CO)C(OC)(OC)OC. The zero-order valence-corrected chi connectivity index (χ0v) is 17.4. The van der Waals surface area contributed by atoms with Gasteiger partial charge in [-0.25, -0.2) is 0 Å². The first-order valence-electron chi connectivity index (χ1n) is 10.1. The first kappa shape index (κ1) is 25.8. The maximum atomic E-state index is 9.25. The highest BCUT2D eigenvalue weighted by atomic mass is 16.9. The van der Waals surface area contributed by atoms with E-state index in [1.54, 1.807) is 21.3 Å². The molecule has 6 nitrogen and oxygen atoms in total. The molecule has 0 aliphatic carbocycles. The second-order valence-corrected chi connectivity index (χ2v) is 6.88. The number of rotatable bonds is 19. The van der Waals surface area contributed by atoms with E-state index in [0.29, 0.717) is 6.61 Å². The van der Waals surface area contributed by atoms with Gasteiger partial charge in [0.1, 0.15) is 6.10 Å². The van der Waals surface area contributed by atoms with E-state index in [2.05, 4.69) is 6.92 Å². The number of aliphatic hydroxyl groups is 2. The Kier molecular flexibility index (Phi) is 16.7. The predicted octanol–water partition coefficient (Wildman–Crippen LogP) is 3.49. The summed E-state index contributed by atoms with van der Waals surface area (Å²) in [5.74, 6) is -0.825. The molecule has 0 aromatic rings. The number of hydrogen-bond acceptors (Lipinski definition) is 6. The van der Waals surface area contributed by atoms with Crippen LogP contribution >= 0.6 is 0 Å². The molecule has 0 aromatic carbocycles. The molecule has 0 rings (SSSR count). The average molecular weight is 379 g/mol. The molecule has 0 aromatic heterocycles. The third-order valence-corrected chi connectivity index (χ3v) is 4.87. The van der Waals surface area contributed by atoms with Crippen LogP contribution in [0.3, 0.4) is 0 Å². The molecule has 0 bridgehead atoms. The minimum absolute atomic E-state index is 0.164. The molecular weight excluding hydrogens is 336 g/mol. The highest BCUT2D eigenvalue weighted by Gasteiger charge is 2.39. The van der Waals surface area contributed by atoms with E-state index in [-0.39, 0.29) is 19.1 Å². The summed E-state index contributed by atoms with van der Waals surface area (Å²) >= 11 is 0. The molecule has 0 aliphatic rings. The van der Waals surface area contributed by atoms with Gasteiger partial charge in [0, 0.05) is 33.9 Å². The van der Waals surface area contributed by atoms with Crippen LogP contribution in [0, 0.1) is 5.92 Å². The molecule has 2 unspecified atom stereocenters. The van der Waals surface area contributed by atoms with Gasteiger partial charge in [0.25, 0.3) is 5.97 Å². The molecule has 0 amide bonds. The van der Waals surface area contributed by atoms with Gasteiger partial charge in [-0.3, -0.25) is 0 Å². The Morgan fingerprint density at radius 2 is 1.35 bits per heavy atom. The standard InChI is InChI=1S/C20H42O6/c1-5-6-7-8-9-10-13-18(20(23-2,24-3)25-4)14-11-12-15-26-17-19(22)16-21/h18-19,21-22H,5-17H2,1-4H3. The third-order valence-electron chi connectivity index (χ3n) is 4.87. The Labute approximate surface area is 160 Å². The summed E-state index contributed by atoms with van der Waals surface area (Å²) in [5.41, 5.74) is 0. The van der Waals surface area contributed by atoms with E-state index in [9.17, 15) is 5.11 Å². The van der Waals surface area contributed by atoms with Crippen LogP contribution < -0.4 is 0 Å². The highest BCUT2D eigenvalue weighted by molar-refractivity contribution is 4.71. The zero-order chi connectivity index (χ0) is 19.7. The molecule has 26 heavy (non-hydrogen) atoms. The summed E-state index contributed by atoms with van der Waals surface area (Å²) in [6.45, 7) is 2.71. The van der Waals surface area contributed by atoms with Gasteiger partial charge in [-0.2, -0.15) is 0 Å². The lowest BCUT2D eigenvalue weighted by molar-refractivity contribution is -0.380. The maximum absolute atomic E-state index is 9.25. The molecule has 0 radical (unpaired) electrons. The van der Waals surface area contributed by atoms with Crippen LogP contribution in [0.15, 0.2) is 0 Å². The molecular formula is C20H42O6. The van der Waals surface area contributed by atoms with Crippen molar-refractivity contribution in [3.8, 4) is 0 Å². The molecule has 0 spiro atoms. The molecule has 6 heteroatoms. The van der Waals surface area contributed by atoms with Gasteiger partial charge in [0.15, 0.2) is 0 Å². The Bertz CT molecular complexity index is 288. The molecule has 0 heterocycles. The predicted molar refractivity (Wildman–Crippen MR) is 103 cm³/mol. The third kappa shape index (κ3) is 10.8. The normalized spacial score (nSPS) is 14.5. The second kappa shape index (κ2) is 16.9. The van der Waals surface area contributed by atoms with Gasteiger partial charge in [0.2, 0.25) is 0 Å². The van der Waals surface area contributed by atoms with Crippen molar-refractivity contribution in [2.75, 3.05) is 41.2 Å². The highest BCUT2D eigenvalue weighted by Crippen LogP contribution is 2.32. The van der Waals surface area contributed by atoms with E-state index in [1.807, 2.05) is 0 Å². The van der Waals surface area contributed by atoms with Gasteiger partial charge >= 0.3 is 0 Å². The average Bonchev–Trinajstić information content (AvgIpc) is 2.67. The van der Waals surface area contributed by atoms with Crippen LogP contribution in [-0.4, -0.2) is 63.4 Å². The zero-order valence-electron chi connectivity index (χ0n) is 17.4. The van der Waals surface area contributed by atoms with Crippen molar-refractivity contribution in [3.63, 3.8) is 0 Å². The molecule has 158 valence electrons. The van der Waals surface area contributed by atoms with Gasteiger partial charge in [-0.05, 0) is 19.3 Å². The van der Waals surface area contributed by atoms with E-state index in [0.717, 1.165) is 32.1 Å². The summed E-state index contributed by atoms with van der Waals surface area (Å²) in [7, 11) is 4.88. The summed E-state index contributed by atoms with van der Waals surface area (Å²) in [4.78, 5) is 0. The molecule has 0 saturated heterocycles. The lowest BCUT2D eigenvalue weighted by atomic mass is 9.92. The molecule has 2 N–H and O–H groups in total. The summed E-state index contributed by atoms with van der Waals surface area (Å²) < 4.78 is 22.1. The van der Waals surface area contributed by atoms with Gasteiger partial charge in [-0.1, -0.05) is 51.9 Å². The monoisotopic (exact) mass is 378 g/mol. The number of aliphatic hydroxyl groups excluding tert-OH is 2. The van der Waals surface area contributed by atoms with Crippen molar-refractivity contribution < 1.29 is 29.2 Å². The first-order valence-corrected chi connectivity index (χ1v) is 10.1. The minimum atomic E-state index is -0.989. The molecule has 2 atom stereocenters. The van der Waals surface area contributed by atoms with Crippen molar-refractivity contribution in [1.29, 1.82) is 0 Å². The maximum Gasteiger partial charge on any atom is 0.285 e. The summed E-state index contributed by atoms with van der Waals surface area (Å²) in [6, 6.07) is 0. The van der Waals surface area contributed by atoms with Crippen LogP contribution in [0.1, 0.15) is 71.1 Å². The summed E-state index contributed by atoms with van der Waals surface area (Å²) in [6.07, 6.45) is 10.5. The fourth-order valence-electron chi connectivity index (χ4n) is 3.29. The van der Waals surface area contributed by atoms with Gasteiger partial charge < -0.3 is 29.2 Å². The van der Waals surface area contributed by atoms with Crippen LogP contribution in [0.5, 0.6) is 0 Å². The fraction of sp³-hybridized carbons (Fsp3) is 1.00. The Balaban J connectivity index is 4.28. The van der Waals surface area contributed by atoms with E-state index >= 15 is 0 Å². The Morgan fingerprint density at radius 1 is 0.808 bits per heavy atom. The van der Waals surface area contributed by atoms with Gasteiger partial charge in [0.05, 0.1) is 13.2 Å². The topological polar surface area (TPSA) is 77.4 Å². The molecule has 0 fully saturated rings. The lowest BCUT2D eigenvalue weighted by Gasteiger charge is -2.36. The van der Waals surface area contributed by atoms with Crippen LogP contribution in [0.4, 0.5) is 0 Å². The van der Waals surface area contributed by atoms with Crippen LogP contribution in [0.25, 0.3) is 0 Å². The van der Waals surface area contributed by atoms with Crippen LogP contribution in [-0.2, 0) is 18.9 Å². The quantitative estimate of drug-likeness (QED) is 0.265. The van der Waals surface area contributed by atoms with Gasteiger partial charge in [-0.15, -0.1) is 0 Å².